The molecule has 0 amide bonds. The van der Waals surface area contributed by atoms with Gasteiger partial charge in [0.25, 0.3) is 0 Å². The van der Waals surface area contributed by atoms with Gasteiger partial charge < -0.3 is 10.2 Å². The molecule has 0 radical (unpaired) electrons. The van der Waals surface area contributed by atoms with Gasteiger partial charge in [0.15, 0.2) is 0 Å². The Morgan fingerprint density at radius 1 is 1.35 bits per heavy atom. The van der Waals surface area contributed by atoms with Crippen LogP contribution in [-0.4, -0.2) is 36.5 Å². The van der Waals surface area contributed by atoms with Crippen LogP contribution < -0.4 is 5.73 Å². The smallest absolute Gasteiger partial charge is 0.134 e. The largest absolute Gasteiger partial charge is 0.464 e. The highest BCUT2D eigenvalue weighted by Crippen LogP contribution is 2.30. The molecule has 0 spiro atoms. The first-order chi connectivity index (χ1) is 9.72. The average molecular weight is 292 g/mol. The van der Waals surface area contributed by atoms with Gasteiger partial charge in [-0.2, -0.15) is 11.8 Å². The Kier molecular flexibility index (Phi) is 5.52. The second-order valence-electron chi connectivity index (χ2n) is 5.12. The van der Waals surface area contributed by atoms with Crippen LogP contribution in [0, 0.1) is 0 Å². The Balaban J connectivity index is 2.31. The molecule has 0 saturated heterocycles. The van der Waals surface area contributed by atoms with Crippen molar-refractivity contribution in [1.29, 1.82) is 0 Å². The van der Waals surface area contributed by atoms with Gasteiger partial charge in [-0.05, 0) is 25.8 Å². The van der Waals surface area contributed by atoms with Crippen LogP contribution in [0.5, 0.6) is 0 Å². The summed E-state index contributed by atoms with van der Waals surface area (Å²) in [5, 5.41) is 1.17. The topological polar surface area (TPSA) is 42.4 Å². The highest BCUT2D eigenvalue weighted by atomic mass is 32.2. The lowest BCUT2D eigenvalue weighted by Crippen LogP contribution is -2.39. The summed E-state index contributed by atoms with van der Waals surface area (Å²) in [6.45, 7) is 2.84. The lowest BCUT2D eigenvalue weighted by atomic mass is 10.0. The monoisotopic (exact) mass is 292 g/mol. The Labute approximate surface area is 125 Å². The summed E-state index contributed by atoms with van der Waals surface area (Å²) >= 11 is 1.89. The van der Waals surface area contributed by atoms with E-state index in [2.05, 4.69) is 31.2 Å². The summed E-state index contributed by atoms with van der Waals surface area (Å²) in [5.74, 6) is 1.12. The molecule has 2 rings (SSSR count). The SMILES string of the molecule is CCC(CSC)N(C)C(CN)c1coc2ccccc12. The molecule has 2 aromatic rings. The van der Waals surface area contributed by atoms with Crippen LogP contribution in [0.25, 0.3) is 11.0 Å². The first-order valence-corrected chi connectivity index (χ1v) is 8.49. The lowest BCUT2D eigenvalue weighted by Gasteiger charge is -2.33. The van der Waals surface area contributed by atoms with Crippen molar-refractivity contribution < 1.29 is 4.42 Å². The molecule has 1 aromatic carbocycles. The molecule has 2 N–H and O–H groups in total. The van der Waals surface area contributed by atoms with Crippen LogP contribution in [0.4, 0.5) is 0 Å². The second kappa shape index (κ2) is 7.16. The van der Waals surface area contributed by atoms with Gasteiger partial charge in [-0.3, -0.25) is 4.90 Å². The van der Waals surface area contributed by atoms with Crippen molar-refractivity contribution in [2.75, 3.05) is 25.6 Å². The molecule has 1 heterocycles. The number of rotatable bonds is 7. The van der Waals surface area contributed by atoms with Crippen LogP contribution in [-0.2, 0) is 0 Å². The first kappa shape index (κ1) is 15.4. The van der Waals surface area contributed by atoms with Gasteiger partial charge in [0, 0.05) is 29.3 Å². The minimum absolute atomic E-state index is 0.204. The van der Waals surface area contributed by atoms with Gasteiger partial charge in [-0.15, -0.1) is 0 Å². The van der Waals surface area contributed by atoms with Gasteiger partial charge in [0.2, 0.25) is 0 Å². The molecular weight excluding hydrogens is 268 g/mol. The van der Waals surface area contributed by atoms with Gasteiger partial charge in [0.05, 0.1) is 12.3 Å². The third-order valence-electron chi connectivity index (χ3n) is 3.99. The van der Waals surface area contributed by atoms with Gasteiger partial charge in [0.1, 0.15) is 5.58 Å². The van der Waals surface area contributed by atoms with E-state index in [0.717, 1.165) is 17.8 Å². The van der Waals surface area contributed by atoms with Crippen LogP contribution >= 0.6 is 11.8 Å². The lowest BCUT2D eigenvalue weighted by molar-refractivity contribution is 0.188. The number of furan rings is 1. The van der Waals surface area contributed by atoms with E-state index in [1.807, 2.05) is 36.2 Å². The number of fused-ring (bicyclic) bond motifs is 1. The average Bonchev–Trinajstić information content (AvgIpc) is 2.89. The Morgan fingerprint density at radius 3 is 2.75 bits per heavy atom. The maximum atomic E-state index is 6.05. The maximum absolute atomic E-state index is 6.05. The minimum atomic E-state index is 0.204. The van der Waals surface area contributed by atoms with E-state index < -0.39 is 0 Å². The molecule has 1 aromatic heterocycles. The third kappa shape index (κ3) is 3.03. The zero-order chi connectivity index (χ0) is 14.5. The van der Waals surface area contributed by atoms with Crippen molar-refractivity contribution in [2.24, 2.45) is 5.73 Å². The Bertz CT molecular complexity index is 540. The van der Waals surface area contributed by atoms with Crippen LogP contribution in [0.2, 0.25) is 0 Å². The number of benzene rings is 1. The van der Waals surface area contributed by atoms with Crippen molar-refractivity contribution in [3.8, 4) is 0 Å². The Morgan fingerprint density at radius 2 is 2.10 bits per heavy atom. The fourth-order valence-corrected chi connectivity index (χ4v) is 3.59. The first-order valence-electron chi connectivity index (χ1n) is 7.10. The van der Waals surface area contributed by atoms with E-state index in [0.29, 0.717) is 12.6 Å². The molecule has 0 aliphatic rings. The van der Waals surface area contributed by atoms with E-state index in [-0.39, 0.29) is 6.04 Å². The number of para-hydroxylation sites is 1. The van der Waals surface area contributed by atoms with Crippen molar-refractivity contribution in [3.63, 3.8) is 0 Å². The van der Waals surface area contributed by atoms with Crippen molar-refractivity contribution >= 4 is 22.7 Å². The molecule has 4 heteroatoms. The zero-order valence-corrected chi connectivity index (χ0v) is 13.3. The quantitative estimate of drug-likeness (QED) is 0.848. The molecule has 0 fully saturated rings. The van der Waals surface area contributed by atoms with E-state index in [9.17, 15) is 0 Å². The van der Waals surface area contributed by atoms with E-state index in [4.69, 9.17) is 10.2 Å². The molecule has 2 unspecified atom stereocenters. The van der Waals surface area contributed by atoms with Crippen LogP contribution in [0.1, 0.15) is 24.9 Å². The highest BCUT2D eigenvalue weighted by Gasteiger charge is 2.24. The van der Waals surface area contributed by atoms with E-state index in [1.54, 1.807) is 0 Å². The molecule has 0 aliphatic heterocycles. The number of nitrogens with two attached hydrogens (primary N) is 1. The number of hydrogen-bond acceptors (Lipinski definition) is 4. The molecule has 0 bridgehead atoms. The minimum Gasteiger partial charge on any atom is -0.464 e. The zero-order valence-electron chi connectivity index (χ0n) is 12.5. The molecule has 3 nitrogen and oxygen atoms in total. The van der Waals surface area contributed by atoms with Crippen molar-refractivity contribution in [3.05, 3.63) is 36.1 Å². The standard InChI is InChI=1S/C16H24N2OS/c1-4-12(11-20-3)18(2)15(9-17)14-10-19-16-8-6-5-7-13(14)16/h5-8,10,12,15H,4,9,11,17H2,1-3H3. The van der Waals surface area contributed by atoms with E-state index in [1.165, 1.54) is 10.9 Å². The molecule has 2 atom stereocenters. The summed E-state index contributed by atoms with van der Waals surface area (Å²) in [6, 6.07) is 8.90. The van der Waals surface area contributed by atoms with E-state index >= 15 is 0 Å². The molecule has 0 saturated carbocycles. The molecule has 110 valence electrons. The summed E-state index contributed by atoms with van der Waals surface area (Å²) in [7, 11) is 2.17. The fourth-order valence-electron chi connectivity index (χ4n) is 2.74. The summed E-state index contributed by atoms with van der Waals surface area (Å²) in [5.41, 5.74) is 8.19. The number of hydrogen-bond donors (Lipinski definition) is 1. The van der Waals surface area contributed by atoms with Gasteiger partial charge in [-0.25, -0.2) is 0 Å². The summed E-state index contributed by atoms with van der Waals surface area (Å²) < 4.78 is 5.67. The van der Waals surface area contributed by atoms with Crippen molar-refractivity contribution in [2.45, 2.75) is 25.4 Å². The fraction of sp³-hybridized carbons (Fsp3) is 0.500. The predicted molar refractivity (Wildman–Crippen MR) is 88.2 cm³/mol. The third-order valence-corrected chi connectivity index (χ3v) is 4.71. The number of nitrogens with zero attached hydrogens (tertiary/aromatic N) is 1. The Hall–Kier alpha value is -0.970. The van der Waals surface area contributed by atoms with Crippen LogP contribution in [0.15, 0.2) is 34.9 Å². The summed E-state index contributed by atoms with van der Waals surface area (Å²) in [6.07, 6.45) is 5.15. The van der Waals surface area contributed by atoms with Crippen LogP contribution in [0.3, 0.4) is 0 Å². The molecular formula is C16H24N2OS. The summed E-state index contributed by atoms with van der Waals surface area (Å²) in [4.78, 5) is 2.40. The maximum Gasteiger partial charge on any atom is 0.134 e. The highest BCUT2D eigenvalue weighted by molar-refractivity contribution is 7.98. The number of likely N-dealkylation sites (N-methyl/N-ethyl adjacent to an activating group) is 1. The van der Waals surface area contributed by atoms with Gasteiger partial charge in [-0.1, -0.05) is 25.1 Å². The van der Waals surface area contributed by atoms with Crippen molar-refractivity contribution in [1.82, 2.24) is 4.90 Å². The molecule has 20 heavy (non-hydrogen) atoms. The predicted octanol–water partition coefficient (Wildman–Crippen LogP) is 3.51. The number of thioether (sulfide) groups is 1. The second-order valence-corrected chi connectivity index (χ2v) is 6.03. The molecule has 0 aliphatic carbocycles. The normalized spacial score (nSPS) is 14.8. The van der Waals surface area contributed by atoms with Gasteiger partial charge >= 0.3 is 0 Å².